The predicted molar refractivity (Wildman–Crippen MR) is 107 cm³/mol. The Labute approximate surface area is 153 Å². The van der Waals surface area contributed by atoms with Gasteiger partial charge in [-0.2, -0.15) is 0 Å². The Morgan fingerprint density at radius 3 is 2.42 bits per heavy atom. The summed E-state index contributed by atoms with van der Waals surface area (Å²) in [5.41, 5.74) is 7.49. The van der Waals surface area contributed by atoms with Gasteiger partial charge >= 0.3 is 0 Å². The van der Waals surface area contributed by atoms with Crippen molar-refractivity contribution in [2.75, 3.05) is 0 Å². The summed E-state index contributed by atoms with van der Waals surface area (Å²) in [5.74, 6) is 1.97. The summed E-state index contributed by atoms with van der Waals surface area (Å²) >= 11 is 0. The van der Waals surface area contributed by atoms with Crippen LogP contribution in [0.4, 0.5) is 0 Å². The number of benzene rings is 3. The average molecular weight is 340 g/mol. The van der Waals surface area contributed by atoms with Crippen LogP contribution in [0.5, 0.6) is 11.5 Å². The van der Waals surface area contributed by atoms with Crippen LogP contribution in [-0.4, -0.2) is 0 Å². The fourth-order valence-corrected chi connectivity index (χ4v) is 4.42. The molecule has 26 heavy (non-hydrogen) atoms. The quantitative estimate of drug-likeness (QED) is 0.324. The lowest BCUT2D eigenvalue weighted by molar-refractivity contribution is -0.659. The minimum absolute atomic E-state index is 0.965. The van der Waals surface area contributed by atoms with E-state index in [1.807, 2.05) is 0 Å². The molecular weight excluding hydrogens is 318 g/mol. The van der Waals surface area contributed by atoms with Gasteiger partial charge in [-0.25, -0.2) is 4.57 Å². The van der Waals surface area contributed by atoms with Gasteiger partial charge in [-0.1, -0.05) is 29.8 Å². The highest BCUT2D eigenvalue weighted by Gasteiger charge is 2.31. The van der Waals surface area contributed by atoms with E-state index in [-0.39, 0.29) is 0 Å². The molecule has 0 amide bonds. The molecule has 0 saturated heterocycles. The standard InChI is InChI=1S/C24H22NO/c1-13-6-7-18-16(4)24-21(15(3)19(18)11-13)23-22-17(8-9-25(23)5)10-14(2)12-20(22)26-24/h6-12H,1-5H3/q+1. The molecule has 0 saturated carbocycles. The van der Waals surface area contributed by atoms with Crippen molar-refractivity contribution >= 4 is 21.5 Å². The zero-order valence-electron chi connectivity index (χ0n) is 15.9. The molecule has 0 bridgehead atoms. The van der Waals surface area contributed by atoms with Crippen LogP contribution >= 0.6 is 0 Å². The van der Waals surface area contributed by atoms with Crippen molar-refractivity contribution in [3.05, 3.63) is 64.8 Å². The maximum atomic E-state index is 6.52. The van der Waals surface area contributed by atoms with Crippen LogP contribution in [0, 0.1) is 27.7 Å². The van der Waals surface area contributed by atoms with E-state index in [0.29, 0.717) is 0 Å². The van der Waals surface area contributed by atoms with Gasteiger partial charge in [0.25, 0.3) is 0 Å². The van der Waals surface area contributed by atoms with E-state index in [9.17, 15) is 0 Å². The lowest BCUT2D eigenvalue weighted by Gasteiger charge is -2.24. The summed E-state index contributed by atoms with van der Waals surface area (Å²) in [7, 11) is 2.13. The van der Waals surface area contributed by atoms with E-state index < -0.39 is 0 Å². The van der Waals surface area contributed by atoms with Gasteiger partial charge in [-0.15, -0.1) is 0 Å². The molecule has 128 valence electrons. The molecule has 0 spiro atoms. The fourth-order valence-electron chi connectivity index (χ4n) is 4.42. The van der Waals surface area contributed by atoms with Gasteiger partial charge in [-0.05, 0) is 61.0 Å². The zero-order valence-corrected chi connectivity index (χ0v) is 15.9. The van der Waals surface area contributed by atoms with Crippen LogP contribution in [0.3, 0.4) is 0 Å². The second-order valence-electron chi connectivity index (χ2n) is 7.61. The molecule has 0 N–H and O–H groups in total. The second kappa shape index (κ2) is 5.07. The highest BCUT2D eigenvalue weighted by atomic mass is 16.5. The molecule has 0 aliphatic carbocycles. The van der Waals surface area contributed by atoms with E-state index in [1.54, 1.807) is 0 Å². The summed E-state index contributed by atoms with van der Waals surface area (Å²) < 4.78 is 8.75. The number of rotatable bonds is 0. The topological polar surface area (TPSA) is 13.1 Å². The molecule has 0 unspecified atom stereocenters. The van der Waals surface area contributed by atoms with Crippen LogP contribution in [0.2, 0.25) is 0 Å². The highest BCUT2D eigenvalue weighted by Crippen LogP contribution is 2.50. The number of pyridine rings is 1. The Hall–Kier alpha value is -2.87. The van der Waals surface area contributed by atoms with Crippen LogP contribution in [0.1, 0.15) is 22.3 Å². The predicted octanol–water partition coefficient (Wildman–Crippen LogP) is 5.82. The molecule has 2 heterocycles. The van der Waals surface area contributed by atoms with E-state index in [0.717, 1.165) is 11.5 Å². The summed E-state index contributed by atoms with van der Waals surface area (Å²) in [6, 6.07) is 13.3. The molecule has 1 aromatic heterocycles. The molecule has 0 radical (unpaired) electrons. The van der Waals surface area contributed by atoms with Crippen molar-refractivity contribution in [2.45, 2.75) is 27.7 Å². The van der Waals surface area contributed by atoms with Gasteiger partial charge in [0.05, 0.1) is 10.9 Å². The normalized spacial score (nSPS) is 12.3. The van der Waals surface area contributed by atoms with Crippen LogP contribution in [0.25, 0.3) is 32.8 Å². The third kappa shape index (κ3) is 1.90. The highest BCUT2D eigenvalue weighted by molar-refractivity contribution is 6.06. The third-order valence-corrected chi connectivity index (χ3v) is 5.72. The van der Waals surface area contributed by atoms with Crippen LogP contribution < -0.4 is 9.30 Å². The van der Waals surface area contributed by atoms with E-state index in [2.05, 4.69) is 81.9 Å². The lowest BCUT2D eigenvalue weighted by Crippen LogP contribution is -2.32. The first-order valence-electron chi connectivity index (χ1n) is 9.10. The maximum absolute atomic E-state index is 6.52. The van der Waals surface area contributed by atoms with Gasteiger partial charge in [-0.3, -0.25) is 0 Å². The summed E-state index contributed by atoms with van der Waals surface area (Å²) in [6.07, 6.45) is 2.16. The van der Waals surface area contributed by atoms with Crippen LogP contribution in [-0.2, 0) is 7.05 Å². The van der Waals surface area contributed by atoms with E-state index in [4.69, 9.17) is 4.74 Å². The summed E-state index contributed by atoms with van der Waals surface area (Å²) in [4.78, 5) is 0. The largest absolute Gasteiger partial charge is 0.455 e. The number of aryl methyl sites for hydroxylation is 5. The Bertz CT molecular complexity index is 1250. The number of hydrogen-bond donors (Lipinski definition) is 0. The average Bonchev–Trinajstić information content (AvgIpc) is 2.61. The zero-order chi connectivity index (χ0) is 18.2. The minimum atomic E-state index is 0.965. The fraction of sp³-hybridized carbons (Fsp3) is 0.208. The molecule has 3 aromatic carbocycles. The Morgan fingerprint density at radius 2 is 1.62 bits per heavy atom. The summed E-state index contributed by atoms with van der Waals surface area (Å²) in [5, 5.41) is 5.04. The van der Waals surface area contributed by atoms with Crippen molar-refractivity contribution in [3.8, 4) is 22.8 Å². The molecule has 4 aromatic rings. The third-order valence-electron chi connectivity index (χ3n) is 5.72. The van der Waals surface area contributed by atoms with Crippen molar-refractivity contribution in [2.24, 2.45) is 7.05 Å². The van der Waals surface area contributed by atoms with Gasteiger partial charge in [0.2, 0.25) is 5.69 Å². The Kier molecular flexibility index (Phi) is 3.00. The number of ether oxygens (including phenoxy) is 1. The molecule has 2 heteroatoms. The number of nitrogens with zero attached hydrogens (tertiary/aromatic N) is 1. The van der Waals surface area contributed by atoms with Crippen molar-refractivity contribution in [1.82, 2.24) is 0 Å². The molecular formula is C24H22NO+. The molecule has 2 nitrogen and oxygen atoms in total. The molecule has 0 atom stereocenters. The molecule has 0 fully saturated rings. The second-order valence-corrected chi connectivity index (χ2v) is 7.61. The first-order valence-corrected chi connectivity index (χ1v) is 9.10. The maximum Gasteiger partial charge on any atom is 0.228 e. The molecule has 1 aliphatic rings. The van der Waals surface area contributed by atoms with Gasteiger partial charge in [0, 0.05) is 11.6 Å². The first-order chi connectivity index (χ1) is 12.5. The SMILES string of the molecule is Cc1cc2c3c([n+](C)ccc3c1)-c1c(c(C)c3ccc(C)cc3c1C)O2. The minimum Gasteiger partial charge on any atom is -0.455 e. The van der Waals surface area contributed by atoms with Gasteiger partial charge in [0.15, 0.2) is 6.20 Å². The smallest absolute Gasteiger partial charge is 0.228 e. The van der Waals surface area contributed by atoms with Crippen LogP contribution in [0.15, 0.2) is 42.6 Å². The first kappa shape index (κ1) is 15.4. The van der Waals surface area contributed by atoms with Crippen molar-refractivity contribution < 1.29 is 9.30 Å². The summed E-state index contributed by atoms with van der Waals surface area (Å²) in [6.45, 7) is 8.68. The lowest BCUT2D eigenvalue weighted by atomic mass is 9.88. The molecule has 1 aliphatic heterocycles. The van der Waals surface area contributed by atoms with Gasteiger partial charge in [0.1, 0.15) is 18.5 Å². The monoisotopic (exact) mass is 340 g/mol. The van der Waals surface area contributed by atoms with Crippen molar-refractivity contribution in [1.29, 1.82) is 0 Å². The Balaban J connectivity index is 2.03. The number of hydrogen-bond acceptors (Lipinski definition) is 1. The molecule has 5 rings (SSSR count). The van der Waals surface area contributed by atoms with Gasteiger partial charge < -0.3 is 4.74 Å². The Morgan fingerprint density at radius 1 is 0.808 bits per heavy atom. The van der Waals surface area contributed by atoms with E-state index in [1.165, 1.54) is 55.1 Å². The van der Waals surface area contributed by atoms with E-state index >= 15 is 0 Å². The van der Waals surface area contributed by atoms with Crippen molar-refractivity contribution in [3.63, 3.8) is 0 Å². The number of aromatic nitrogens is 1. The number of fused-ring (bicyclic) bond motifs is 3.